The number of allylic oxidation sites excluding steroid dienone is 1. The van der Waals surface area contributed by atoms with Crippen molar-refractivity contribution >= 4 is 5.91 Å². The lowest BCUT2D eigenvalue weighted by atomic mass is 9.99. The smallest absolute Gasteiger partial charge is 0.220 e. The monoisotopic (exact) mass is 854 g/mol. The molecule has 0 bridgehead atoms. The number of carbonyl (C=O) groups is 1. The fourth-order valence-corrected chi connectivity index (χ4v) is 8.45. The first-order valence-corrected chi connectivity index (χ1v) is 25.9. The number of amides is 1. The van der Waals surface area contributed by atoms with Gasteiger partial charge in [0.05, 0.1) is 25.4 Å². The van der Waals surface area contributed by atoms with Crippen LogP contribution >= 0.6 is 0 Å². The fourth-order valence-electron chi connectivity index (χ4n) is 8.45. The Morgan fingerprint density at radius 3 is 1.30 bits per heavy atom. The van der Waals surface area contributed by atoms with Crippen LogP contribution in [0.15, 0.2) is 12.2 Å². The number of aliphatic hydroxyl groups excluding tert-OH is 5. The second-order valence-corrected chi connectivity index (χ2v) is 18.3. The lowest BCUT2D eigenvalue weighted by molar-refractivity contribution is -0.302. The highest BCUT2D eigenvalue weighted by Gasteiger charge is 2.44. The molecular weight excluding hydrogens is 755 g/mol. The quantitative estimate of drug-likeness (QED) is 0.0262. The molecule has 9 nitrogen and oxygen atoms in total. The molecule has 0 spiro atoms. The topological polar surface area (TPSA) is 149 Å². The lowest BCUT2D eigenvalue weighted by Crippen LogP contribution is -2.60. The van der Waals surface area contributed by atoms with Crippen molar-refractivity contribution in [3.05, 3.63) is 12.2 Å². The molecule has 1 amide bonds. The molecule has 1 heterocycles. The van der Waals surface area contributed by atoms with Crippen LogP contribution in [0.25, 0.3) is 0 Å². The van der Waals surface area contributed by atoms with E-state index < -0.39 is 49.5 Å². The van der Waals surface area contributed by atoms with E-state index in [1.165, 1.54) is 193 Å². The van der Waals surface area contributed by atoms with Gasteiger partial charge in [0, 0.05) is 6.42 Å². The normalized spacial score (nSPS) is 20.6. The number of carbonyl (C=O) groups excluding carboxylic acids is 1. The van der Waals surface area contributed by atoms with Gasteiger partial charge in [-0.2, -0.15) is 0 Å². The molecule has 1 aliphatic rings. The van der Waals surface area contributed by atoms with Gasteiger partial charge in [-0.25, -0.2) is 0 Å². The summed E-state index contributed by atoms with van der Waals surface area (Å²) < 4.78 is 11.2. The van der Waals surface area contributed by atoms with Crippen molar-refractivity contribution in [3.63, 3.8) is 0 Å². The van der Waals surface area contributed by atoms with Crippen LogP contribution in [0.1, 0.15) is 251 Å². The minimum atomic E-state index is -1.56. The first-order valence-electron chi connectivity index (χ1n) is 25.9. The van der Waals surface area contributed by atoms with Gasteiger partial charge in [-0.1, -0.05) is 238 Å². The highest BCUT2D eigenvalue weighted by atomic mass is 16.7. The summed E-state index contributed by atoms with van der Waals surface area (Å²) in [7, 11) is 0. The van der Waals surface area contributed by atoms with Gasteiger partial charge >= 0.3 is 0 Å². The predicted octanol–water partition coefficient (Wildman–Crippen LogP) is 11.7. The summed E-state index contributed by atoms with van der Waals surface area (Å²) >= 11 is 0. The average Bonchev–Trinajstić information content (AvgIpc) is 3.25. The third kappa shape index (κ3) is 31.7. The van der Waals surface area contributed by atoms with Crippen LogP contribution in [0.5, 0.6) is 0 Å². The maximum atomic E-state index is 12.9. The van der Waals surface area contributed by atoms with E-state index in [1.54, 1.807) is 6.08 Å². The molecule has 7 atom stereocenters. The molecule has 1 aliphatic heterocycles. The van der Waals surface area contributed by atoms with Crippen LogP contribution in [0, 0.1) is 0 Å². The number of hydrogen-bond donors (Lipinski definition) is 6. The van der Waals surface area contributed by atoms with Crippen molar-refractivity contribution in [1.29, 1.82) is 0 Å². The Morgan fingerprint density at radius 1 is 0.550 bits per heavy atom. The van der Waals surface area contributed by atoms with Crippen molar-refractivity contribution in [1.82, 2.24) is 5.32 Å². The van der Waals surface area contributed by atoms with Gasteiger partial charge in [0.15, 0.2) is 6.29 Å². The maximum Gasteiger partial charge on any atom is 0.220 e. The minimum absolute atomic E-state index is 0.174. The SMILES string of the molecule is CCCCCCCCC/C=C/[C@@H](O)[C@H](CO[C@@H]1O[C@H](CO)[C@@H](O)C(O)C1O)NC(=O)CCCCCCCCCCCCCCCCCCCCCCCCCCCCCC. The van der Waals surface area contributed by atoms with E-state index in [1.807, 2.05) is 6.08 Å². The zero-order valence-electron chi connectivity index (χ0n) is 39.2. The molecular formula is C51H99NO8. The molecule has 0 radical (unpaired) electrons. The first-order chi connectivity index (χ1) is 29.3. The summed E-state index contributed by atoms with van der Waals surface area (Å²) in [6, 6.07) is -0.797. The standard InChI is InChI=1S/C51H99NO8/c1-3-5-7-9-11-13-14-15-16-17-18-19-20-21-22-23-24-25-26-27-28-29-30-31-33-35-37-39-41-47(55)52-44(45(54)40-38-36-34-32-12-10-8-6-4-2)43-59-51-50(58)49(57)48(56)46(42-53)60-51/h38,40,44-46,48-51,53-54,56-58H,3-37,39,41-43H2,1-2H3,(H,52,55)/b40-38+/t44-,45+,46+,48+,49?,50?,51+/m0/s1. The van der Waals surface area contributed by atoms with Gasteiger partial charge in [-0.05, 0) is 19.3 Å². The van der Waals surface area contributed by atoms with E-state index in [2.05, 4.69) is 19.2 Å². The zero-order valence-corrected chi connectivity index (χ0v) is 39.2. The van der Waals surface area contributed by atoms with Gasteiger partial charge < -0.3 is 40.3 Å². The number of unbranched alkanes of at least 4 members (excludes halogenated alkanes) is 34. The highest BCUT2D eigenvalue weighted by Crippen LogP contribution is 2.23. The Balaban J connectivity index is 2.11. The Labute approximate surface area is 369 Å². The van der Waals surface area contributed by atoms with E-state index in [0.717, 1.165) is 38.5 Å². The summed E-state index contributed by atoms with van der Waals surface area (Å²) in [5, 5.41) is 54.1. The molecule has 6 N–H and O–H groups in total. The van der Waals surface area contributed by atoms with Crippen LogP contribution in [0.3, 0.4) is 0 Å². The first kappa shape index (κ1) is 56.9. The molecule has 0 saturated carbocycles. The summed E-state index contributed by atoms with van der Waals surface area (Å²) in [4.78, 5) is 12.9. The molecule has 60 heavy (non-hydrogen) atoms. The second kappa shape index (κ2) is 41.9. The molecule has 1 rings (SSSR count). The molecule has 9 heteroatoms. The van der Waals surface area contributed by atoms with Crippen LogP contribution in [-0.4, -0.2) is 87.5 Å². The third-order valence-electron chi connectivity index (χ3n) is 12.6. The highest BCUT2D eigenvalue weighted by molar-refractivity contribution is 5.76. The van der Waals surface area contributed by atoms with Crippen molar-refractivity contribution < 1.29 is 39.8 Å². The molecule has 0 aromatic rings. The number of nitrogens with one attached hydrogen (secondary N) is 1. The van der Waals surface area contributed by atoms with Gasteiger partial charge in [-0.15, -0.1) is 0 Å². The van der Waals surface area contributed by atoms with Crippen molar-refractivity contribution in [3.8, 4) is 0 Å². The van der Waals surface area contributed by atoms with Crippen molar-refractivity contribution in [2.45, 2.75) is 294 Å². The van der Waals surface area contributed by atoms with Crippen molar-refractivity contribution in [2.75, 3.05) is 13.2 Å². The minimum Gasteiger partial charge on any atom is -0.394 e. The fraction of sp³-hybridized carbons (Fsp3) is 0.941. The Kier molecular flexibility index (Phi) is 39.8. The Bertz CT molecular complexity index is 950. The van der Waals surface area contributed by atoms with E-state index in [0.29, 0.717) is 6.42 Å². The lowest BCUT2D eigenvalue weighted by Gasteiger charge is -2.40. The molecule has 1 saturated heterocycles. The average molecular weight is 854 g/mol. The molecule has 2 unspecified atom stereocenters. The molecule has 0 aromatic carbocycles. The predicted molar refractivity (Wildman–Crippen MR) is 249 cm³/mol. The third-order valence-corrected chi connectivity index (χ3v) is 12.6. The molecule has 0 aromatic heterocycles. The summed E-state index contributed by atoms with van der Waals surface area (Å²) in [6.07, 6.45) is 43.0. The maximum absolute atomic E-state index is 12.9. The van der Waals surface area contributed by atoms with Crippen LogP contribution < -0.4 is 5.32 Å². The summed E-state index contributed by atoms with van der Waals surface area (Å²) in [5.74, 6) is -0.174. The van der Waals surface area contributed by atoms with Crippen LogP contribution in [0.4, 0.5) is 0 Å². The largest absolute Gasteiger partial charge is 0.394 e. The molecule has 356 valence electrons. The van der Waals surface area contributed by atoms with E-state index >= 15 is 0 Å². The van der Waals surface area contributed by atoms with Gasteiger partial charge in [0.2, 0.25) is 5.91 Å². The van der Waals surface area contributed by atoms with Gasteiger partial charge in [0.1, 0.15) is 24.4 Å². The summed E-state index contributed by atoms with van der Waals surface area (Å²) in [6.45, 7) is 3.76. The number of ether oxygens (including phenoxy) is 2. The number of hydrogen-bond acceptors (Lipinski definition) is 8. The van der Waals surface area contributed by atoms with E-state index in [9.17, 15) is 30.3 Å². The molecule has 0 aliphatic carbocycles. The van der Waals surface area contributed by atoms with Gasteiger partial charge in [-0.3, -0.25) is 4.79 Å². The van der Waals surface area contributed by atoms with Crippen molar-refractivity contribution in [2.24, 2.45) is 0 Å². The second-order valence-electron chi connectivity index (χ2n) is 18.3. The number of aliphatic hydroxyl groups is 5. The number of rotatable bonds is 44. The Hall–Kier alpha value is -1.07. The van der Waals surface area contributed by atoms with Gasteiger partial charge in [0.25, 0.3) is 0 Å². The van der Waals surface area contributed by atoms with Crippen LogP contribution in [-0.2, 0) is 14.3 Å². The van der Waals surface area contributed by atoms with Crippen LogP contribution in [0.2, 0.25) is 0 Å². The van der Waals surface area contributed by atoms with E-state index in [4.69, 9.17) is 9.47 Å². The Morgan fingerprint density at radius 2 is 0.917 bits per heavy atom. The molecule has 1 fully saturated rings. The van der Waals surface area contributed by atoms with E-state index in [-0.39, 0.29) is 12.5 Å². The summed E-state index contributed by atoms with van der Waals surface area (Å²) in [5.41, 5.74) is 0. The zero-order chi connectivity index (χ0) is 43.7.